The molecule has 0 unspecified atom stereocenters. The number of H-pyrrole nitrogens is 1. The van der Waals surface area contributed by atoms with E-state index in [0.29, 0.717) is 30.9 Å². The number of hydrogen-bond acceptors (Lipinski definition) is 6. The van der Waals surface area contributed by atoms with Crippen LogP contribution in [0.4, 0.5) is 0 Å². The SMILES string of the molecule is CCC[C@@H](C(=O)N1CCN(C(c2ccccc2)c2ccccc2)CC1)n1nnc(C(=O)OC)c1-c1cc2ccccc2[nH]1. The van der Waals surface area contributed by atoms with Gasteiger partial charge >= 0.3 is 5.97 Å². The number of rotatable bonds is 9. The summed E-state index contributed by atoms with van der Waals surface area (Å²) in [7, 11) is 1.32. The lowest BCUT2D eigenvalue weighted by molar-refractivity contribution is -0.137. The standard InChI is InChI=1S/C34H36N6O3/c1-3-12-29(40-32(30(36-37-40)34(42)43-2)28-23-26-17-10-11-18-27(26)35-28)33(41)39-21-19-38(20-22-39)31(24-13-6-4-7-14-24)25-15-8-5-9-16-25/h4-11,13-18,23,29,31,35H,3,12,19-22H2,1-2H3/t29-/m0/s1. The largest absolute Gasteiger partial charge is 0.464 e. The van der Waals surface area contributed by atoms with Gasteiger partial charge in [-0.25, -0.2) is 9.48 Å². The van der Waals surface area contributed by atoms with E-state index >= 15 is 0 Å². The molecule has 3 aromatic carbocycles. The van der Waals surface area contributed by atoms with Crippen LogP contribution in [0.25, 0.3) is 22.3 Å². The summed E-state index contributed by atoms with van der Waals surface area (Å²) in [5, 5.41) is 9.57. The number of ether oxygens (including phenoxy) is 1. The first kappa shape index (κ1) is 28.4. The van der Waals surface area contributed by atoms with Gasteiger partial charge in [0.2, 0.25) is 5.91 Å². The molecule has 1 N–H and O–H groups in total. The van der Waals surface area contributed by atoms with Gasteiger partial charge in [0.25, 0.3) is 0 Å². The van der Waals surface area contributed by atoms with E-state index in [1.54, 1.807) is 4.68 Å². The molecule has 1 saturated heterocycles. The maximum atomic E-state index is 14.2. The fourth-order valence-electron chi connectivity index (χ4n) is 6.12. The highest BCUT2D eigenvalue weighted by molar-refractivity contribution is 5.96. The molecule has 43 heavy (non-hydrogen) atoms. The van der Waals surface area contributed by atoms with Gasteiger partial charge < -0.3 is 14.6 Å². The van der Waals surface area contributed by atoms with Crippen molar-refractivity contribution in [1.29, 1.82) is 0 Å². The molecule has 1 amide bonds. The Hall–Kier alpha value is -4.76. The van der Waals surface area contributed by atoms with Crippen molar-refractivity contribution in [1.82, 2.24) is 29.8 Å². The van der Waals surface area contributed by atoms with E-state index in [2.05, 4.69) is 68.7 Å². The number of nitrogens with zero attached hydrogens (tertiary/aromatic N) is 5. The minimum Gasteiger partial charge on any atom is -0.464 e. The summed E-state index contributed by atoms with van der Waals surface area (Å²) in [6.45, 7) is 4.70. The molecule has 0 aliphatic carbocycles. The van der Waals surface area contributed by atoms with Crippen LogP contribution < -0.4 is 0 Å². The fourth-order valence-corrected chi connectivity index (χ4v) is 6.12. The third kappa shape index (κ3) is 5.68. The number of hydrogen-bond donors (Lipinski definition) is 1. The van der Waals surface area contributed by atoms with Gasteiger partial charge in [-0.05, 0) is 29.7 Å². The van der Waals surface area contributed by atoms with Crippen molar-refractivity contribution < 1.29 is 14.3 Å². The van der Waals surface area contributed by atoms with Gasteiger partial charge in [-0.1, -0.05) is 97.4 Å². The second-order valence-corrected chi connectivity index (χ2v) is 10.9. The average Bonchev–Trinajstić information content (AvgIpc) is 3.69. The van der Waals surface area contributed by atoms with E-state index < -0.39 is 12.0 Å². The van der Waals surface area contributed by atoms with E-state index in [4.69, 9.17) is 4.74 Å². The summed E-state index contributed by atoms with van der Waals surface area (Å²) in [6.07, 6.45) is 1.33. The van der Waals surface area contributed by atoms with Gasteiger partial charge in [0.15, 0.2) is 5.69 Å². The normalized spacial score (nSPS) is 14.7. The quantitative estimate of drug-likeness (QED) is 0.233. The number of aromatic amines is 1. The molecule has 3 heterocycles. The molecule has 0 bridgehead atoms. The second kappa shape index (κ2) is 12.6. The lowest BCUT2D eigenvalue weighted by Gasteiger charge is -2.40. The Morgan fingerprint density at radius 3 is 2.12 bits per heavy atom. The summed E-state index contributed by atoms with van der Waals surface area (Å²) in [4.78, 5) is 34.7. The van der Waals surface area contributed by atoms with Gasteiger partial charge in [0, 0.05) is 37.1 Å². The number of para-hydroxylation sites is 1. The highest BCUT2D eigenvalue weighted by Crippen LogP contribution is 2.33. The smallest absolute Gasteiger partial charge is 0.361 e. The van der Waals surface area contributed by atoms with Crippen molar-refractivity contribution >= 4 is 22.8 Å². The molecule has 1 aliphatic heterocycles. The van der Waals surface area contributed by atoms with E-state index in [1.165, 1.54) is 18.2 Å². The van der Waals surface area contributed by atoms with Crippen LogP contribution in [-0.4, -0.2) is 74.9 Å². The minimum absolute atomic E-state index is 0.0175. The van der Waals surface area contributed by atoms with Gasteiger partial charge in [-0.15, -0.1) is 5.10 Å². The number of esters is 1. The monoisotopic (exact) mass is 576 g/mol. The molecule has 2 aromatic heterocycles. The van der Waals surface area contributed by atoms with Gasteiger partial charge in [-0.3, -0.25) is 9.69 Å². The summed E-state index contributed by atoms with van der Waals surface area (Å²) in [6, 6.07) is 30.4. The maximum Gasteiger partial charge on any atom is 0.361 e. The topological polar surface area (TPSA) is 96.4 Å². The van der Waals surface area contributed by atoms with Gasteiger partial charge in [-0.2, -0.15) is 0 Å². The first-order valence-electron chi connectivity index (χ1n) is 14.8. The Bertz CT molecular complexity index is 1620. The third-order valence-corrected chi connectivity index (χ3v) is 8.22. The third-order valence-electron chi connectivity index (χ3n) is 8.22. The van der Waals surface area contributed by atoms with Crippen LogP contribution in [-0.2, 0) is 9.53 Å². The number of fused-ring (bicyclic) bond motifs is 1. The molecular weight excluding hydrogens is 540 g/mol. The Morgan fingerprint density at radius 2 is 1.51 bits per heavy atom. The van der Waals surface area contributed by atoms with Gasteiger partial charge in [0.05, 0.1) is 18.8 Å². The number of piperazine rings is 1. The van der Waals surface area contributed by atoms with Gasteiger partial charge in [0.1, 0.15) is 11.7 Å². The zero-order valence-electron chi connectivity index (χ0n) is 24.5. The summed E-state index contributed by atoms with van der Waals surface area (Å²) in [5.41, 5.74) is 4.60. The lowest BCUT2D eigenvalue weighted by Crippen LogP contribution is -2.51. The predicted molar refractivity (Wildman–Crippen MR) is 165 cm³/mol. The molecule has 1 atom stereocenters. The zero-order valence-corrected chi connectivity index (χ0v) is 24.5. The minimum atomic E-state index is -0.608. The Labute approximate surface area is 251 Å². The maximum absolute atomic E-state index is 14.2. The van der Waals surface area contributed by atoms with Crippen molar-refractivity contribution in [3.8, 4) is 11.4 Å². The highest BCUT2D eigenvalue weighted by Gasteiger charge is 2.35. The van der Waals surface area contributed by atoms with Crippen LogP contribution in [0.1, 0.15) is 53.5 Å². The molecule has 0 saturated carbocycles. The number of methoxy groups -OCH3 is 1. The van der Waals surface area contributed by atoms with Crippen LogP contribution in [0.5, 0.6) is 0 Å². The molecular formula is C34H36N6O3. The van der Waals surface area contributed by atoms with E-state index in [-0.39, 0.29) is 17.6 Å². The molecule has 1 aliphatic rings. The summed E-state index contributed by atoms with van der Waals surface area (Å²) in [5.74, 6) is -0.611. The van der Waals surface area contributed by atoms with Crippen molar-refractivity contribution in [2.75, 3.05) is 33.3 Å². The molecule has 6 rings (SSSR count). The van der Waals surface area contributed by atoms with Crippen molar-refractivity contribution in [3.05, 3.63) is 108 Å². The first-order valence-corrected chi connectivity index (χ1v) is 14.8. The highest BCUT2D eigenvalue weighted by atomic mass is 16.5. The van der Waals surface area contributed by atoms with E-state index in [9.17, 15) is 9.59 Å². The van der Waals surface area contributed by atoms with Crippen molar-refractivity contribution in [2.24, 2.45) is 0 Å². The van der Waals surface area contributed by atoms with Crippen LogP contribution in [0.15, 0.2) is 91.0 Å². The number of nitrogens with one attached hydrogen (secondary N) is 1. The Kier molecular flexibility index (Phi) is 8.33. The molecule has 9 heteroatoms. The number of carbonyl (C=O) groups excluding carboxylic acids is 2. The number of aromatic nitrogens is 4. The molecule has 9 nitrogen and oxygen atoms in total. The van der Waals surface area contributed by atoms with E-state index in [0.717, 1.165) is 30.4 Å². The predicted octanol–water partition coefficient (Wildman–Crippen LogP) is 5.49. The summed E-state index contributed by atoms with van der Waals surface area (Å²) >= 11 is 0. The average molecular weight is 577 g/mol. The molecule has 0 spiro atoms. The first-order chi connectivity index (χ1) is 21.1. The van der Waals surface area contributed by atoms with Crippen molar-refractivity contribution in [3.63, 3.8) is 0 Å². The molecule has 220 valence electrons. The summed E-state index contributed by atoms with van der Waals surface area (Å²) < 4.78 is 6.66. The number of amides is 1. The molecule has 1 fully saturated rings. The van der Waals surface area contributed by atoms with Crippen LogP contribution in [0.2, 0.25) is 0 Å². The fraction of sp³-hybridized carbons (Fsp3) is 0.294. The number of carbonyl (C=O) groups is 2. The van der Waals surface area contributed by atoms with Crippen LogP contribution >= 0.6 is 0 Å². The molecule has 5 aromatic rings. The zero-order chi connectivity index (χ0) is 29.8. The van der Waals surface area contributed by atoms with Crippen molar-refractivity contribution in [2.45, 2.75) is 31.8 Å². The van der Waals surface area contributed by atoms with Crippen LogP contribution in [0.3, 0.4) is 0 Å². The Balaban J connectivity index is 1.28. The second-order valence-electron chi connectivity index (χ2n) is 10.9. The Morgan fingerprint density at radius 1 is 0.884 bits per heavy atom. The lowest BCUT2D eigenvalue weighted by atomic mass is 9.96. The molecule has 0 radical (unpaired) electrons. The van der Waals surface area contributed by atoms with E-state index in [1.807, 2.05) is 54.3 Å². The number of benzene rings is 3. The van der Waals surface area contributed by atoms with Crippen LogP contribution in [0, 0.1) is 0 Å².